The standard InChI is InChI=1S/C25H24BrF2N3O6/c1-13-4-5-15(23(34)29-11-18(32)10-21(33)36-3)8-20(13)31-14(2)30-24(22(26)25(31)35)37-12-16-6-7-17(27)9-19(16)28/h4-9,18,32H,10-12H2,1-3H3,(H,29,34). The molecule has 0 saturated carbocycles. The molecule has 0 aliphatic rings. The number of aliphatic hydroxyl groups excluding tert-OH is 1. The number of rotatable bonds is 9. The number of benzene rings is 2. The smallest absolute Gasteiger partial charge is 0.308 e. The minimum atomic E-state index is -1.12. The molecule has 1 amide bonds. The molecule has 12 heteroatoms. The number of halogens is 3. The van der Waals surface area contributed by atoms with Crippen LogP contribution in [0.2, 0.25) is 0 Å². The van der Waals surface area contributed by atoms with Gasteiger partial charge in [-0.25, -0.2) is 8.78 Å². The molecule has 0 spiro atoms. The molecule has 1 unspecified atom stereocenters. The number of hydrogen-bond acceptors (Lipinski definition) is 7. The van der Waals surface area contributed by atoms with Gasteiger partial charge in [-0.2, -0.15) is 4.98 Å². The van der Waals surface area contributed by atoms with E-state index in [-0.39, 0.29) is 46.9 Å². The number of carbonyl (C=O) groups is 2. The van der Waals surface area contributed by atoms with Crippen molar-refractivity contribution in [1.82, 2.24) is 14.9 Å². The number of nitrogens with one attached hydrogen (secondary N) is 1. The SMILES string of the molecule is COC(=O)CC(O)CNC(=O)c1ccc(C)c(-n2c(C)nc(OCc3ccc(F)cc3F)c(Br)c2=O)c1. The van der Waals surface area contributed by atoms with Crippen LogP contribution < -0.4 is 15.6 Å². The largest absolute Gasteiger partial charge is 0.472 e. The molecule has 37 heavy (non-hydrogen) atoms. The van der Waals surface area contributed by atoms with Crippen LogP contribution in [-0.2, 0) is 16.1 Å². The van der Waals surface area contributed by atoms with E-state index in [1.54, 1.807) is 26.0 Å². The van der Waals surface area contributed by atoms with E-state index in [4.69, 9.17) is 4.74 Å². The summed E-state index contributed by atoms with van der Waals surface area (Å²) in [6, 6.07) is 7.76. The third-order valence-electron chi connectivity index (χ3n) is 5.39. The van der Waals surface area contributed by atoms with Crippen molar-refractivity contribution in [2.75, 3.05) is 13.7 Å². The van der Waals surface area contributed by atoms with Crippen LogP contribution >= 0.6 is 15.9 Å². The first kappa shape index (κ1) is 27.9. The molecule has 2 N–H and O–H groups in total. The van der Waals surface area contributed by atoms with E-state index in [0.29, 0.717) is 11.3 Å². The number of ether oxygens (including phenoxy) is 2. The molecule has 1 aromatic heterocycles. The summed E-state index contributed by atoms with van der Waals surface area (Å²) in [6.07, 6.45) is -1.39. The zero-order valence-corrected chi connectivity index (χ0v) is 21.8. The van der Waals surface area contributed by atoms with Crippen molar-refractivity contribution >= 4 is 27.8 Å². The van der Waals surface area contributed by atoms with Crippen LogP contribution in [0, 0.1) is 25.5 Å². The molecule has 3 rings (SSSR count). The number of aryl methyl sites for hydroxylation is 2. The van der Waals surface area contributed by atoms with E-state index in [1.807, 2.05) is 0 Å². The average Bonchev–Trinajstić information content (AvgIpc) is 2.85. The highest BCUT2D eigenvalue weighted by Gasteiger charge is 2.19. The van der Waals surface area contributed by atoms with E-state index in [1.165, 1.54) is 23.8 Å². The van der Waals surface area contributed by atoms with Crippen LogP contribution in [0.1, 0.15) is 33.7 Å². The van der Waals surface area contributed by atoms with E-state index >= 15 is 0 Å². The van der Waals surface area contributed by atoms with Crippen molar-refractivity contribution in [3.05, 3.63) is 85.4 Å². The topological polar surface area (TPSA) is 120 Å². The van der Waals surface area contributed by atoms with Gasteiger partial charge in [0.05, 0.1) is 25.3 Å². The van der Waals surface area contributed by atoms with Gasteiger partial charge in [0.1, 0.15) is 28.5 Å². The van der Waals surface area contributed by atoms with Gasteiger partial charge in [0.15, 0.2) is 0 Å². The summed E-state index contributed by atoms with van der Waals surface area (Å²) in [5.41, 5.74) is 0.817. The van der Waals surface area contributed by atoms with Crippen molar-refractivity contribution in [3.63, 3.8) is 0 Å². The Kier molecular flexibility index (Phi) is 9.11. The van der Waals surface area contributed by atoms with Crippen molar-refractivity contribution in [2.24, 2.45) is 0 Å². The maximum atomic E-state index is 13.9. The monoisotopic (exact) mass is 579 g/mol. The fourth-order valence-electron chi connectivity index (χ4n) is 3.40. The second kappa shape index (κ2) is 12.1. The van der Waals surface area contributed by atoms with E-state index in [9.17, 15) is 28.3 Å². The van der Waals surface area contributed by atoms with Crippen LogP contribution in [0.25, 0.3) is 5.69 Å². The van der Waals surface area contributed by atoms with Gasteiger partial charge in [-0.15, -0.1) is 0 Å². The van der Waals surface area contributed by atoms with Crippen molar-refractivity contribution < 1.29 is 33.0 Å². The van der Waals surface area contributed by atoms with Gasteiger partial charge in [-0.05, 0) is 59.6 Å². The van der Waals surface area contributed by atoms with Crippen LogP contribution in [0.15, 0.2) is 45.7 Å². The predicted molar refractivity (Wildman–Crippen MR) is 133 cm³/mol. The summed E-state index contributed by atoms with van der Waals surface area (Å²) < 4.78 is 38.3. The number of carbonyl (C=O) groups excluding carboxylic acids is 2. The number of esters is 1. The van der Waals surface area contributed by atoms with Gasteiger partial charge in [-0.3, -0.25) is 19.0 Å². The molecule has 3 aromatic rings. The maximum absolute atomic E-state index is 13.9. The molecule has 0 aliphatic heterocycles. The lowest BCUT2D eigenvalue weighted by Crippen LogP contribution is -2.33. The Morgan fingerprint density at radius 3 is 2.59 bits per heavy atom. The first-order chi connectivity index (χ1) is 17.5. The fourth-order valence-corrected chi connectivity index (χ4v) is 3.78. The Morgan fingerprint density at radius 1 is 1.19 bits per heavy atom. The zero-order chi connectivity index (χ0) is 27.3. The second-order valence-corrected chi connectivity index (χ2v) is 8.88. The third-order valence-corrected chi connectivity index (χ3v) is 6.06. The van der Waals surface area contributed by atoms with E-state index < -0.39 is 35.2 Å². The molecule has 0 bridgehead atoms. The Bertz CT molecular complexity index is 1400. The van der Waals surface area contributed by atoms with Crippen LogP contribution in [0.3, 0.4) is 0 Å². The van der Waals surface area contributed by atoms with E-state index in [2.05, 4.69) is 31.0 Å². The lowest BCUT2D eigenvalue weighted by molar-refractivity contribution is -0.142. The van der Waals surface area contributed by atoms with Crippen LogP contribution in [-0.4, -0.2) is 46.3 Å². The van der Waals surface area contributed by atoms with Crippen molar-refractivity contribution in [3.8, 4) is 11.6 Å². The first-order valence-electron chi connectivity index (χ1n) is 11.0. The highest BCUT2D eigenvalue weighted by molar-refractivity contribution is 9.10. The average molecular weight is 580 g/mol. The van der Waals surface area contributed by atoms with E-state index in [0.717, 1.165) is 12.1 Å². The number of aliphatic hydroxyl groups is 1. The van der Waals surface area contributed by atoms with Crippen LogP contribution in [0.5, 0.6) is 5.88 Å². The Balaban J connectivity index is 1.84. The first-order valence-corrected chi connectivity index (χ1v) is 11.8. The molecule has 0 saturated heterocycles. The molecule has 0 fully saturated rings. The highest BCUT2D eigenvalue weighted by Crippen LogP contribution is 2.24. The lowest BCUT2D eigenvalue weighted by Gasteiger charge is -2.16. The molecule has 1 heterocycles. The molecule has 9 nitrogen and oxygen atoms in total. The molecule has 0 radical (unpaired) electrons. The quantitative estimate of drug-likeness (QED) is 0.374. The van der Waals surface area contributed by atoms with Crippen molar-refractivity contribution in [2.45, 2.75) is 33.0 Å². The normalized spacial score (nSPS) is 11.6. The summed E-state index contributed by atoms with van der Waals surface area (Å²) >= 11 is 3.19. The number of nitrogens with zero attached hydrogens (tertiary/aromatic N) is 2. The number of methoxy groups -OCH3 is 1. The minimum absolute atomic E-state index is 0.0270. The van der Waals surface area contributed by atoms with Gasteiger partial charge < -0.3 is 19.9 Å². The number of aromatic nitrogens is 2. The summed E-state index contributed by atoms with van der Waals surface area (Å²) in [5, 5.41) is 12.4. The third kappa shape index (κ3) is 6.77. The lowest BCUT2D eigenvalue weighted by atomic mass is 10.1. The maximum Gasteiger partial charge on any atom is 0.308 e. The Hall–Kier alpha value is -3.64. The highest BCUT2D eigenvalue weighted by atomic mass is 79.9. The zero-order valence-electron chi connectivity index (χ0n) is 20.2. The van der Waals surface area contributed by atoms with Gasteiger partial charge in [0, 0.05) is 23.7 Å². The molecule has 1 atom stereocenters. The molecule has 2 aromatic carbocycles. The summed E-state index contributed by atoms with van der Waals surface area (Å²) in [5.74, 6) is -2.48. The fraction of sp³-hybridized carbons (Fsp3) is 0.280. The predicted octanol–water partition coefficient (Wildman–Crippen LogP) is 3.12. The van der Waals surface area contributed by atoms with Gasteiger partial charge in [0.2, 0.25) is 5.88 Å². The molecular weight excluding hydrogens is 556 g/mol. The minimum Gasteiger partial charge on any atom is -0.472 e. The molecule has 0 aliphatic carbocycles. The summed E-state index contributed by atoms with van der Waals surface area (Å²) in [6.45, 7) is 2.86. The molecular formula is C25H24BrF2N3O6. The molecule has 196 valence electrons. The Labute approximate surface area is 219 Å². The van der Waals surface area contributed by atoms with Crippen LogP contribution in [0.4, 0.5) is 8.78 Å². The summed E-state index contributed by atoms with van der Waals surface area (Å²) in [4.78, 5) is 41.4. The number of amides is 1. The van der Waals surface area contributed by atoms with Crippen molar-refractivity contribution in [1.29, 1.82) is 0 Å². The van der Waals surface area contributed by atoms with Gasteiger partial charge >= 0.3 is 5.97 Å². The van der Waals surface area contributed by atoms with Gasteiger partial charge in [-0.1, -0.05) is 6.07 Å². The number of hydrogen-bond donors (Lipinski definition) is 2. The Morgan fingerprint density at radius 2 is 1.92 bits per heavy atom. The summed E-state index contributed by atoms with van der Waals surface area (Å²) in [7, 11) is 1.20. The van der Waals surface area contributed by atoms with Gasteiger partial charge in [0.25, 0.3) is 11.5 Å². The second-order valence-electron chi connectivity index (χ2n) is 8.09.